The second-order valence-corrected chi connectivity index (χ2v) is 7.55. The first-order valence-corrected chi connectivity index (χ1v) is 9.44. The summed E-state index contributed by atoms with van der Waals surface area (Å²) in [7, 11) is 0. The van der Waals surface area contributed by atoms with Gasteiger partial charge in [-0.1, -0.05) is 19.3 Å². The van der Waals surface area contributed by atoms with Gasteiger partial charge in [-0.05, 0) is 37.1 Å². The number of nitrogens with two attached hydrogens (primary N) is 1. The summed E-state index contributed by atoms with van der Waals surface area (Å²) in [5.74, 6) is 0.0958. The maximum Gasteiger partial charge on any atom is 0.252 e. The van der Waals surface area contributed by atoms with Crippen molar-refractivity contribution in [3.63, 3.8) is 0 Å². The van der Waals surface area contributed by atoms with Crippen LogP contribution in [0.2, 0.25) is 0 Å². The lowest BCUT2D eigenvalue weighted by atomic mass is 9.81. The lowest BCUT2D eigenvalue weighted by Gasteiger charge is -2.40. The minimum absolute atomic E-state index is 0.0152. The third-order valence-electron chi connectivity index (χ3n) is 5.07. The van der Waals surface area contributed by atoms with Crippen LogP contribution in [0.3, 0.4) is 0 Å². The smallest absolute Gasteiger partial charge is 0.252 e. The third kappa shape index (κ3) is 3.75. The Kier molecular flexibility index (Phi) is 5.02. The van der Waals surface area contributed by atoms with Gasteiger partial charge in [-0.25, -0.2) is 0 Å². The van der Waals surface area contributed by atoms with Crippen LogP contribution < -0.4 is 11.1 Å². The van der Waals surface area contributed by atoms with Crippen molar-refractivity contribution in [2.24, 2.45) is 5.73 Å². The van der Waals surface area contributed by atoms with E-state index >= 15 is 0 Å². The predicted octanol–water partition coefficient (Wildman–Crippen LogP) is 2.13. The van der Waals surface area contributed by atoms with Gasteiger partial charge in [-0.3, -0.25) is 9.59 Å². The van der Waals surface area contributed by atoms with E-state index in [-0.39, 0.29) is 17.9 Å². The third-order valence-corrected chi connectivity index (χ3v) is 5.76. The summed E-state index contributed by atoms with van der Waals surface area (Å²) in [6.45, 7) is 1.37. The van der Waals surface area contributed by atoms with Crippen LogP contribution in [0.15, 0.2) is 16.8 Å². The van der Waals surface area contributed by atoms with E-state index in [0.29, 0.717) is 13.1 Å². The second-order valence-electron chi connectivity index (χ2n) is 6.77. The normalized spacial score (nSPS) is 21.9. The summed E-state index contributed by atoms with van der Waals surface area (Å²) in [6.07, 6.45) is 6.50. The molecule has 3 rings (SSSR count). The molecule has 1 aromatic heterocycles. The van der Waals surface area contributed by atoms with Gasteiger partial charge in [0.05, 0.1) is 5.54 Å². The number of amides is 2. The molecule has 0 aromatic carbocycles. The molecule has 2 fully saturated rings. The Balaban J connectivity index is 1.50. The predicted molar refractivity (Wildman–Crippen MR) is 91.4 cm³/mol. The molecule has 23 heavy (non-hydrogen) atoms. The van der Waals surface area contributed by atoms with E-state index in [4.69, 9.17) is 5.73 Å². The largest absolute Gasteiger partial charge is 0.349 e. The molecular weight excluding hydrogens is 310 g/mol. The van der Waals surface area contributed by atoms with Gasteiger partial charge in [0.2, 0.25) is 5.91 Å². The van der Waals surface area contributed by atoms with Crippen molar-refractivity contribution in [2.75, 3.05) is 13.1 Å². The van der Waals surface area contributed by atoms with Crippen molar-refractivity contribution in [3.05, 3.63) is 22.4 Å². The Morgan fingerprint density at radius 1 is 1.22 bits per heavy atom. The topological polar surface area (TPSA) is 75.4 Å². The van der Waals surface area contributed by atoms with Crippen molar-refractivity contribution in [1.82, 2.24) is 10.2 Å². The van der Waals surface area contributed by atoms with Gasteiger partial charge >= 0.3 is 0 Å². The number of likely N-dealkylation sites (tertiary alicyclic amines) is 1. The molecule has 5 nitrogen and oxygen atoms in total. The molecule has 2 heterocycles. The van der Waals surface area contributed by atoms with Crippen molar-refractivity contribution in [3.8, 4) is 0 Å². The highest BCUT2D eigenvalue weighted by Crippen LogP contribution is 2.28. The Morgan fingerprint density at radius 2 is 1.91 bits per heavy atom. The number of piperidine rings is 1. The molecule has 0 bridgehead atoms. The van der Waals surface area contributed by atoms with Crippen LogP contribution in [0.4, 0.5) is 0 Å². The lowest BCUT2D eigenvalue weighted by molar-refractivity contribution is -0.139. The summed E-state index contributed by atoms with van der Waals surface area (Å²) in [6, 6.07) is 1.98. The minimum Gasteiger partial charge on any atom is -0.349 e. The first-order chi connectivity index (χ1) is 11.1. The fourth-order valence-electron chi connectivity index (χ4n) is 3.60. The average Bonchev–Trinajstić information content (AvgIpc) is 3.10. The fraction of sp³-hybridized carbons (Fsp3) is 0.647. The Hall–Kier alpha value is -1.40. The van der Waals surface area contributed by atoms with E-state index in [0.717, 1.165) is 44.1 Å². The Labute approximate surface area is 141 Å². The number of rotatable bonds is 3. The zero-order valence-corrected chi connectivity index (χ0v) is 14.2. The van der Waals surface area contributed by atoms with Crippen LogP contribution in [0, 0.1) is 0 Å². The van der Waals surface area contributed by atoms with E-state index in [1.807, 2.05) is 21.7 Å². The quantitative estimate of drug-likeness (QED) is 0.888. The first-order valence-electron chi connectivity index (χ1n) is 8.50. The summed E-state index contributed by atoms with van der Waals surface area (Å²) < 4.78 is 0. The zero-order chi connectivity index (χ0) is 16.3. The maximum absolute atomic E-state index is 12.7. The second kappa shape index (κ2) is 7.01. The number of thiophene rings is 1. The zero-order valence-electron chi connectivity index (χ0n) is 13.4. The highest BCUT2D eigenvalue weighted by Gasteiger charge is 2.39. The van der Waals surface area contributed by atoms with Crippen molar-refractivity contribution in [2.45, 2.75) is 56.5 Å². The molecule has 3 N–H and O–H groups in total. The monoisotopic (exact) mass is 335 g/mol. The van der Waals surface area contributed by atoms with Crippen LogP contribution in [-0.4, -0.2) is 41.4 Å². The van der Waals surface area contributed by atoms with Crippen molar-refractivity contribution < 1.29 is 9.59 Å². The lowest BCUT2D eigenvalue weighted by Crippen LogP contribution is -2.58. The van der Waals surface area contributed by atoms with Gasteiger partial charge in [0.1, 0.15) is 0 Å². The molecule has 126 valence electrons. The van der Waals surface area contributed by atoms with E-state index in [2.05, 4.69) is 5.32 Å². The SMILES string of the molecule is NC1(C(=O)N2CCC(NC(=O)c3ccsc3)CC2)CCCCC1. The average molecular weight is 335 g/mol. The highest BCUT2D eigenvalue weighted by molar-refractivity contribution is 7.08. The number of nitrogens with one attached hydrogen (secondary N) is 1. The minimum atomic E-state index is -0.648. The molecule has 0 radical (unpaired) electrons. The fourth-order valence-corrected chi connectivity index (χ4v) is 4.24. The summed E-state index contributed by atoms with van der Waals surface area (Å²) in [5, 5.41) is 6.83. The number of hydrogen-bond acceptors (Lipinski definition) is 4. The van der Waals surface area contributed by atoms with Crippen LogP contribution >= 0.6 is 11.3 Å². The standard InChI is InChI=1S/C17H25N3O2S/c18-17(7-2-1-3-8-17)16(22)20-9-4-14(5-10-20)19-15(21)13-6-11-23-12-13/h6,11-12,14H,1-5,7-10,18H2,(H,19,21). The Bertz CT molecular complexity index is 544. The van der Waals surface area contributed by atoms with Crippen molar-refractivity contribution >= 4 is 23.2 Å². The van der Waals surface area contributed by atoms with E-state index < -0.39 is 5.54 Å². The number of nitrogens with zero attached hydrogens (tertiary/aromatic N) is 1. The van der Waals surface area contributed by atoms with E-state index in [9.17, 15) is 9.59 Å². The molecule has 1 aliphatic carbocycles. The van der Waals surface area contributed by atoms with Crippen molar-refractivity contribution in [1.29, 1.82) is 0 Å². The molecule has 2 aliphatic rings. The summed E-state index contributed by atoms with van der Waals surface area (Å²) in [4.78, 5) is 26.7. The van der Waals surface area contributed by atoms with E-state index in [1.165, 1.54) is 17.8 Å². The molecular formula is C17H25N3O2S. The van der Waals surface area contributed by atoms with Crippen LogP contribution in [-0.2, 0) is 4.79 Å². The van der Waals surface area contributed by atoms with Gasteiger partial charge in [0.25, 0.3) is 5.91 Å². The highest BCUT2D eigenvalue weighted by atomic mass is 32.1. The maximum atomic E-state index is 12.7. The number of carbonyl (C=O) groups is 2. The van der Waals surface area contributed by atoms with Gasteiger partial charge in [-0.2, -0.15) is 11.3 Å². The van der Waals surface area contributed by atoms with Crippen LogP contribution in [0.25, 0.3) is 0 Å². The molecule has 1 saturated heterocycles. The molecule has 1 saturated carbocycles. The van der Waals surface area contributed by atoms with Crippen LogP contribution in [0.5, 0.6) is 0 Å². The van der Waals surface area contributed by atoms with Gasteiger partial charge in [-0.15, -0.1) is 0 Å². The molecule has 0 spiro atoms. The summed E-state index contributed by atoms with van der Waals surface area (Å²) in [5.41, 5.74) is 6.42. The summed E-state index contributed by atoms with van der Waals surface area (Å²) >= 11 is 1.52. The molecule has 1 aromatic rings. The van der Waals surface area contributed by atoms with Crippen LogP contribution in [0.1, 0.15) is 55.3 Å². The Morgan fingerprint density at radius 3 is 2.52 bits per heavy atom. The number of hydrogen-bond donors (Lipinski definition) is 2. The number of carbonyl (C=O) groups excluding carboxylic acids is 2. The first kappa shape index (κ1) is 16.5. The molecule has 1 aliphatic heterocycles. The molecule has 2 amide bonds. The van der Waals surface area contributed by atoms with Gasteiger partial charge < -0.3 is 16.0 Å². The molecule has 0 unspecified atom stereocenters. The van der Waals surface area contributed by atoms with Gasteiger partial charge in [0, 0.05) is 30.1 Å². The van der Waals surface area contributed by atoms with Gasteiger partial charge in [0.15, 0.2) is 0 Å². The molecule has 0 atom stereocenters. The van der Waals surface area contributed by atoms with E-state index in [1.54, 1.807) is 0 Å². The molecule has 6 heteroatoms.